The molecule has 7 amide bonds. The van der Waals surface area contributed by atoms with Gasteiger partial charge in [0.15, 0.2) is 0 Å². The molecular formula is C49H59N9O8. The van der Waals surface area contributed by atoms with Crippen molar-refractivity contribution < 1.29 is 33.6 Å². The SMILES string of the molecule is Cn1c(=O)n(C2CCC(=O)NC2=O)c2ccc(C3CC(CCCC(=O)N4CC[C@H]5CC[C@@H](C(=O)N[C@@H](CCC(N)=O)C(=O)NC(c6ccccc6)c6ccccc6)N5C(=O)[C@@H](N)C4)C3)cc21. The molecule has 0 spiro atoms. The molecule has 0 radical (unpaired) electrons. The lowest BCUT2D eigenvalue weighted by Gasteiger charge is -2.38. The number of aromatic nitrogens is 2. The Labute approximate surface area is 382 Å². The molecular weight excluding hydrogens is 843 g/mol. The average molecular weight is 902 g/mol. The smallest absolute Gasteiger partial charge is 0.329 e. The van der Waals surface area contributed by atoms with Gasteiger partial charge in [-0.3, -0.25) is 48.0 Å². The largest absolute Gasteiger partial charge is 0.370 e. The Bertz CT molecular complexity index is 2510. The molecule has 5 atom stereocenters. The number of fused-ring (bicyclic) bond motifs is 2. The van der Waals surface area contributed by atoms with E-state index in [1.54, 1.807) is 21.4 Å². The van der Waals surface area contributed by atoms with Crippen molar-refractivity contribution in [3.63, 3.8) is 0 Å². The van der Waals surface area contributed by atoms with Crippen LogP contribution < -0.4 is 33.1 Å². The summed E-state index contributed by atoms with van der Waals surface area (Å²) >= 11 is 0. The zero-order valence-electron chi connectivity index (χ0n) is 37.2. The lowest BCUT2D eigenvalue weighted by Crippen LogP contribution is -2.60. The highest BCUT2D eigenvalue weighted by Crippen LogP contribution is 2.45. The highest BCUT2D eigenvalue weighted by atomic mass is 16.2. The number of amides is 7. The number of benzene rings is 3. The molecule has 3 aromatic carbocycles. The number of aryl methyl sites for hydroxylation is 1. The van der Waals surface area contributed by atoms with Crippen molar-refractivity contribution in [2.45, 2.75) is 119 Å². The number of nitrogens with two attached hydrogens (primary N) is 2. The standard InChI is InChI=1S/C49H59N9O8/c1-55-40-27-32(15-18-37(40)58(49(55)66)39-20-22-42(60)53-47(39)64)33-25-29(26-33)9-8-14-43(61)56-24-23-34-16-19-38(57(34)48(65)35(50)28-56)46(63)52-36(17-21-41(51)59)45(62)54-44(30-10-4-2-5-11-30)31-12-6-3-7-13-31/h2-7,10-13,15,18,27,29,33-36,38-39,44H,8-9,14,16-17,19-26,28,50H2,1H3,(H2,51,59)(H,52,63)(H,54,62)(H,53,60,64)/t29?,33?,34-,35+,36+,38+,39?/m1/s1. The van der Waals surface area contributed by atoms with Crippen LogP contribution in [0.3, 0.4) is 0 Å². The van der Waals surface area contributed by atoms with Gasteiger partial charge in [0.05, 0.1) is 17.1 Å². The maximum Gasteiger partial charge on any atom is 0.329 e. The first kappa shape index (κ1) is 45.9. The van der Waals surface area contributed by atoms with Crippen molar-refractivity contribution in [2.24, 2.45) is 24.4 Å². The number of nitrogens with zero attached hydrogens (tertiary/aromatic N) is 4. The molecule has 17 heteroatoms. The van der Waals surface area contributed by atoms with Gasteiger partial charge in [-0.25, -0.2) is 4.79 Å². The summed E-state index contributed by atoms with van der Waals surface area (Å²) in [5.74, 6) is -2.15. The number of primary amides is 1. The van der Waals surface area contributed by atoms with Crippen molar-refractivity contribution in [1.29, 1.82) is 0 Å². The fourth-order valence-electron chi connectivity index (χ4n) is 10.4. The quantitative estimate of drug-likeness (QED) is 0.110. The maximum atomic E-state index is 14.0. The number of piperidine rings is 1. The van der Waals surface area contributed by atoms with E-state index in [1.807, 2.05) is 78.9 Å². The number of imide groups is 1. The van der Waals surface area contributed by atoms with Gasteiger partial charge in [0.2, 0.25) is 41.4 Å². The Morgan fingerprint density at radius 3 is 2.20 bits per heavy atom. The Morgan fingerprint density at radius 2 is 1.53 bits per heavy atom. The second-order valence-electron chi connectivity index (χ2n) is 18.4. The highest BCUT2D eigenvalue weighted by Gasteiger charge is 2.45. The second-order valence-corrected chi connectivity index (χ2v) is 18.4. The molecule has 3 aliphatic heterocycles. The van der Waals surface area contributed by atoms with Gasteiger partial charge in [-0.2, -0.15) is 0 Å². The Morgan fingerprint density at radius 1 is 0.833 bits per heavy atom. The zero-order chi connectivity index (χ0) is 46.6. The minimum Gasteiger partial charge on any atom is -0.370 e. The summed E-state index contributed by atoms with van der Waals surface area (Å²) < 4.78 is 3.04. The van der Waals surface area contributed by atoms with Crippen LogP contribution in [0.1, 0.15) is 112 Å². The third-order valence-corrected chi connectivity index (χ3v) is 14.1. The minimum absolute atomic E-state index is 0.0288. The van der Waals surface area contributed by atoms with Crippen LogP contribution in [0.5, 0.6) is 0 Å². The molecule has 1 aliphatic carbocycles. The first-order chi connectivity index (χ1) is 31.8. The van der Waals surface area contributed by atoms with Crippen molar-refractivity contribution in [2.75, 3.05) is 13.1 Å². The molecule has 1 saturated carbocycles. The van der Waals surface area contributed by atoms with E-state index in [9.17, 15) is 38.4 Å². The third kappa shape index (κ3) is 9.81. The number of hydrogen-bond acceptors (Lipinski definition) is 9. The number of rotatable bonds is 15. The van der Waals surface area contributed by atoms with Crippen LogP contribution in [-0.2, 0) is 40.6 Å². The number of carbonyl (C=O) groups excluding carboxylic acids is 7. The normalized spacial score (nSPS) is 23.7. The molecule has 4 aromatic rings. The fraction of sp³-hybridized carbons (Fsp3) is 0.469. The van der Waals surface area contributed by atoms with E-state index in [-0.39, 0.29) is 55.8 Å². The number of hydrogen-bond donors (Lipinski definition) is 5. The molecule has 4 heterocycles. The summed E-state index contributed by atoms with van der Waals surface area (Å²) in [5, 5.41) is 8.25. The molecule has 7 N–H and O–H groups in total. The maximum absolute atomic E-state index is 14.0. The van der Waals surface area contributed by atoms with Crippen molar-refractivity contribution in [3.05, 3.63) is 106 Å². The van der Waals surface area contributed by atoms with Gasteiger partial charge in [-0.15, -0.1) is 0 Å². The third-order valence-electron chi connectivity index (χ3n) is 14.1. The monoisotopic (exact) mass is 901 g/mol. The summed E-state index contributed by atoms with van der Waals surface area (Å²) in [5.41, 5.74) is 15.9. The van der Waals surface area contributed by atoms with Crippen LogP contribution in [0, 0.1) is 5.92 Å². The van der Waals surface area contributed by atoms with Crippen LogP contribution in [0.15, 0.2) is 83.7 Å². The van der Waals surface area contributed by atoms with E-state index in [0.29, 0.717) is 56.0 Å². The zero-order valence-corrected chi connectivity index (χ0v) is 37.2. The van der Waals surface area contributed by atoms with E-state index in [4.69, 9.17) is 11.5 Å². The molecule has 4 aliphatic rings. The minimum atomic E-state index is -1.11. The predicted octanol–water partition coefficient (Wildman–Crippen LogP) is 2.56. The lowest BCUT2D eigenvalue weighted by atomic mass is 9.69. The Kier molecular flexibility index (Phi) is 13.8. The topological polar surface area (TPSA) is 241 Å². The van der Waals surface area contributed by atoms with Gasteiger partial charge in [0.1, 0.15) is 24.2 Å². The van der Waals surface area contributed by atoms with Crippen molar-refractivity contribution in [3.8, 4) is 0 Å². The van der Waals surface area contributed by atoms with E-state index in [0.717, 1.165) is 41.5 Å². The average Bonchev–Trinajstić information content (AvgIpc) is 3.82. The molecule has 66 heavy (non-hydrogen) atoms. The lowest BCUT2D eigenvalue weighted by molar-refractivity contribution is -0.145. The molecule has 4 fully saturated rings. The van der Waals surface area contributed by atoms with Gasteiger partial charge in [0.25, 0.3) is 0 Å². The van der Waals surface area contributed by atoms with Crippen molar-refractivity contribution in [1.82, 2.24) is 34.9 Å². The van der Waals surface area contributed by atoms with Crippen LogP contribution in [0.2, 0.25) is 0 Å². The molecule has 1 unspecified atom stereocenters. The van der Waals surface area contributed by atoms with E-state index >= 15 is 0 Å². The first-order valence-corrected chi connectivity index (χ1v) is 23.2. The molecule has 348 valence electrons. The summed E-state index contributed by atoms with van der Waals surface area (Å²) in [6, 6.07) is 20.2. The van der Waals surface area contributed by atoms with Crippen LogP contribution in [-0.4, -0.2) is 97.5 Å². The molecule has 3 saturated heterocycles. The van der Waals surface area contributed by atoms with Gasteiger partial charge in [0, 0.05) is 45.4 Å². The summed E-state index contributed by atoms with van der Waals surface area (Å²) in [6.45, 7) is 0.419. The van der Waals surface area contributed by atoms with Crippen molar-refractivity contribution >= 4 is 52.4 Å². The predicted molar refractivity (Wildman–Crippen MR) is 244 cm³/mol. The van der Waals surface area contributed by atoms with E-state index in [2.05, 4.69) is 16.0 Å². The number of imidazole rings is 1. The number of carbonyl (C=O) groups is 7. The van der Waals surface area contributed by atoms with Crippen LogP contribution in [0.25, 0.3) is 11.0 Å². The fourth-order valence-corrected chi connectivity index (χ4v) is 10.4. The summed E-state index contributed by atoms with van der Waals surface area (Å²) in [7, 11) is 1.69. The van der Waals surface area contributed by atoms with Gasteiger partial charge in [-0.1, -0.05) is 66.7 Å². The van der Waals surface area contributed by atoms with Gasteiger partial charge >= 0.3 is 5.69 Å². The summed E-state index contributed by atoms with van der Waals surface area (Å²) in [4.78, 5) is 108. The Balaban J connectivity index is 0.831. The van der Waals surface area contributed by atoms with Gasteiger partial charge in [-0.05, 0) is 98.4 Å². The molecule has 1 aromatic heterocycles. The number of nitrogens with one attached hydrogen (secondary N) is 3. The van der Waals surface area contributed by atoms with E-state index in [1.165, 1.54) is 4.57 Å². The highest BCUT2D eigenvalue weighted by molar-refractivity contribution is 6.00. The first-order valence-electron chi connectivity index (χ1n) is 23.2. The second kappa shape index (κ2) is 19.9. The van der Waals surface area contributed by atoms with E-state index < -0.39 is 59.7 Å². The molecule has 17 nitrogen and oxygen atoms in total. The van der Waals surface area contributed by atoms with Crippen LogP contribution >= 0.6 is 0 Å². The van der Waals surface area contributed by atoms with Gasteiger partial charge < -0.3 is 31.9 Å². The van der Waals surface area contributed by atoms with Crippen LogP contribution in [0.4, 0.5) is 0 Å². The molecule has 0 bridgehead atoms. The summed E-state index contributed by atoms with van der Waals surface area (Å²) in [6.07, 6.45) is 5.45. The molecule has 8 rings (SSSR count). The Hall–Kier alpha value is -6.62.